The van der Waals surface area contributed by atoms with Crippen LogP contribution in [0.4, 0.5) is 5.69 Å². The Balaban J connectivity index is 0.00000182. The third-order valence-electron chi connectivity index (χ3n) is 4.12. The molecule has 0 saturated carbocycles. The number of hydrogen-bond acceptors (Lipinski definition) is 4. The van der Waals surface area contributed by atoms with Gasteiger partial charge in [-0.05, 0) is 31.2 Å². The third-order valence-corrected chi connectivity index (χ3v) is 4.69. The molecule has 0 aliphatic carbocycles. The maximum atomic E-state index is 6.42. The number of fused-ring (bicyclic) bond motifs is 3. The largest absolute Gasteiger partial charge is 0.318 e. The monoisotopic (exact) mass is 392 g/mol. The highest BCUT2D eigenvalue weighted by Crippen LogP contribution is 2.33. The first-order chi connectivity index (χ1) is 11.6. The number of rotatable bonds is 1. The molecule has 7 heteroatoms. The summed E-state index contributed by atoms with van der Waals surface area (Å²) in [6, 6.07) is 13.6. The molecule has 0 amide bonds. The van der Waals surface area contributed by atoms with Crippen LogP contribution in [0.15, 0.2) is 57.7 Å². The van der Waals surface area contributed by atoms with Gasteiger partial charge in [-0.1, -0.05) is 41.4 Å². The van der Waals surface area contributed by atoms with Gasteiger partial charge in [0.15, 0.2) is 5.84 Å². The molecule has 0 fully saturated rings. The van der Waals surface area contributed by atoms with E-state index >= 15 is 0 Å². The summed E-state index contributed by atoms with van der Waals surface area (Å²) in [5, 5.41) is 9.68. The maximum Gasteiger partial charge on any atom is 0.154 e. The molecule has 2 aromatic rings. The van der Waals surface area contributed by atoms with Crippen molar-refractivity contribution < 1.29 is 0 Å². The van der Waals surface area contributed by atoms with Crippen LogP contribution in [0.2, 0.25) is 10.0 Å². The van der Waals surface area contributed by atoms with Crippen LogP contribution in [0.3, 0.4) is 0 Å². The Labute approximate surface area is 162 Å². The average molecular weight is 394 g/mol. The first-order valence-electron chi connectivity index (χ1n) is 7.63. The van der Waals surface area contributed by atoms with E-state index in [1.54, 1.807) is 0 Å². The number of amidine groups is 1. The summed E-state index contributed by atoms with van der Waals surface area (Å²) >= 11 is 12.7. The topological polar surface area (TPSA) is 40.3 Å². The van der Waals surface area contributed by atoms with E-state index in [0.29, 0.717) is 16.6 Å². The molecule has 2 aliphatic heterocycles. The molecule has 1 atom stereocenters. The Morgan fingerprint density at radius 3 is 2.68 bits per heavy atom. The van der Waals surface area contributed by atoms with Crippen LogP contribution in [0.25, 0.3) is 0 Å². The zero-order chi connectivity index (χ0) is 16.7. The number of halogens is 3. The minimum Gasteiger partial charge on any atom is -0.318 e. The van der Waals surface area contributed by atoms with E-state index in [-0.39, 0.29) is 18.4 Å². The van der Waals surface area contributed by atoms with E-state index < -0.39 is 0 Å². The Kier molecular flexibility index (Phi) is 5.13. The van der Waals surface area contributed by atoms with Gasteiger partial charge in [0.25, 0.3) is 0 Å². The highest BCUT2D eigenvalue weighted by atomic mass is 35.5. The molecule has 0 spiro atoms. The highest BCUT2D eigenvalue weighted by molar-refractivity contribution is 6.37. The molecule has 128 valence electrons. The Morgan fingerprint density at radius 1 is 1.08 bits per heavy atom. The first-order valence-corrected chi connectivity index (χ1v) is 8.39. The second-order valence-electron chi connectivity index (χ2n) is 5.70. The summed E-state index contributed by atoms with van der Waals surface area (Å²) in [6.45, 7) is 2.52. The smallest absolute Gasteiger partial charge is 0.154 e. The molecule has 4 rings (SSSR count). The lowest BCUT2D eigenvalue weighted by Gasteiger charge is -2.31. The molecule has 0 bridgehead atoms. The quantitative estimate of drug-likeness (QED) is 0.682. The van der Waals surface area contributed by atoms with Gasteiger partial charge in [0.05, 0.1) is 24.0 Å². The molecule has 1 unspecified atom stereocenters. The van der Waals surface area contributed by atoms with Gasteiger partial charge in [0, 0.05) is 27.4 Å². The summed E-state index contributed by atoms with van der Waals surface area (Å²) in [5.41, 5.74) is 3.66. The van der Waals surface area contributed by atoms with Gasteiger partial charge in [-0.15, -0.1) is 17.5 Å². The van der Waals surface area contributed by atoms with Crippen LogP contribution in [-0.4, -0.2) is 30.3 Å². The van der Waals surface area contributed by atoms with E-state index in [2.05, 4.69) is 22.0 Å². The lowest BCUT2D eigenvalue weighted by Crippen LogP contribution is -2.42. The standard InChI is InChI=1S/C18H14Cl2N4.ClH/c1-11-9-22-23-17-10-21-18(13-4-2-3-5-15(13)20)14-8-12(19)6-7-16(14)24(11)17;/h2-9,11H,10H2,1H3;1H. The number of hydrogen-bond donors (Lipinski definition) is 0. The highest BCUT2D eigenvalue weighted by Gasteiger charge is 2.29. The summed E-state index contributed by atoms with van der Waals surface area (Å²) in [7, 11) is 0. The molecule has 4 nitrogen and oxygen atoms in total. The number of benzene rings is 2. The van der Waals surface area contributed by atoms with Crippen LogP contribution in [0.1, 0.15) is 18.1 Å². The molecule has 0 aromatic heterocycles. The molecule has 25 heavy (non-hydrogen) atoms. The van der Waals surface area contributed by atoms with E-state index in [1.165, 1.54) is 0 Å². The van der Waals surface area contributed by atoms with Crippen molar-refractivity contribution >= 4 is 59.1 Å². The van der Waals surface area contributed by atoms with Crippen molar-refractivity contribution in [1.29, 1.82) is 0 Å². The molecule has 0 saturated heterocycles. The lowest BCUT2D eigenvalue weighted by molar-refractivity contribution is 0.895. The van der Waals surface area contributed by atoms with Crippen molar-refractivity contribution in [2.75, 3.05) is 11.4 Å². The normalized spacial score (nSPS) is 18.4. The summed E-state index contributed by atoms with van der Waals surface area (Å²) < 4.78 is 0. The van der Waals surface area contributed by atoms with Gasteiger partial charge in [-0.25, -0.2) is 0 Å². The summed E-state index contributed by atoms with van der Waals surface area (Å²) in [5.74, 6) is 0.815. The van der Waals surface area contributed by atoms with Crippen LogP contribution in [-0.2, 0) is 0 Å². The van der Waals surface area contributed by atoms with E-state index in [9.17, 15) is 0 Å². The van der Waals surface area contributed by atoms with Crippen molar-refractivity contribution in [2.24, 2.45) is 15.2 Å². The predicted octanol–water partition coefficient (Wildman–Crippen LogP) is 4.86. The third kappa shape index (κ3) is 3.17. The zero-order valence-electron chi connectivity index (χ0n) is 13.4. The minimum absolute atomic E-state index is 0. The van der Waals surface area contributed by atoms with Crippen LogP contribution < -0.4 is 4.90 Å². The molecular formula is C18H15Cl3N4. The van der Waals surface area contributed by atoms with Gasteiger partial charge in [0.1, 0.15) is 0 Å². The Hall–Kier alpha value is -1.88. The first kappa shape index (κ1) is 17.9. The molecule has 2 heterocycles. The van der Waals surface area contributed by atoms with Crippen molar-refractivity contribution in [3.63, 3.8) is 0 Å². The lowest BCUT2D eigenvalue weighted by atomic mass is 9.99. The average Bonchev–Trinajstić information content (AvgIpc) is 2.73. The van der Waals surface area contributed by atoms with Gasteiger partial charge in [-0.2, -0.15) is 5.10 Å². The van der Waals surface area contributed by atoms with E-state index in [1.807, 2.05) is 48.7 Å². The summed E-state index contributed by atoms with van der Waals surface area (Å²) in [4.78, 5) is 6.93. The van der Waals surface area contributed by atoms with E-state index in [0.717, 1.165) is 28.4 Å². The second-order valence-corrected chi connectivity index (χ2v) is 6.54. The van der Waals surface area contributed by atoms with E-state index in [4.69, 9.17) is 28.2 Å². The number of anilines is 1. The van der Waals surface area contributed by atoms with Crippen LogP contribution in [0.5, 0.6) is 0 Å². The van der Waals surface area contributed by atoms with Crippen LogP contribution >= 0.6 is 35.6 Å². The Bertz CT molecular complexity index is 905. The van der Waals surface area contributed by atoms with Crippen molar-refractivity contribution in [1.82, 2.24) is 0 Å². The SMILES string of the molecule is CC1C=NN=C2CN=C(c3ccccc3Cl)c3cc(Cl)ccc3N21.Cl. The molecule has 2 aliphatic rings. The van der Waals surface area contributed by atoms with Gasteiger partial charge in [0.2, 0.25) is 0 Å². The number of aliphatic imine (C=N–C) groups is 1. The van der Waals surface area contributed by atoms with Crippen molar-refractivity contribution in [3.8, 4) is 0 Å². The van der Waals surface area contributed by atoms with Crippen LogP contribution in [0, 0.1) is 0 Å². The van der Waals surface area contributed by atoms with Gasteiger partial charge < -0.3 is 4.90 Å². The number of nitrogens with zero attached hydrogens (tertiary/aromatic N) is 4. The Morgan fingerprint density at radius 2 is 1.88 bits per heavy atom. The fourth-order valence-electron chi connectivity index (χ4n) is 3.04. The molecular weight excluding hydrogens is 379 g/mol. The fourth-order valence-corrected chi connectivity index (χ4v) is 3.44. The van der Waals surface area contributed by atoms with Crippen molar-refractivity contribution in [2.45, 2.75) is 13.0 Å². The van der Waals surface area contributed by atoms with Gasteiger partial charge in [-0.3, -0.25) is 4.99 Å². The molecule has 2 aromatic carbocycles. The second kappa shape index (κ2) is 7.16. The maximum absolute atomic E-state index is 6.42. The molecule has 0 N–H and O–H groups in total. The fraction of sp³-hybridized carbons (Fsp3) is 0.167. The minimum atomic E-state index is 0. The van der Waals surface area contributed by atoms with Crippen molar-refractivity contribution in [3.05, 3.63) is 63.6 Å². The predicted molar refractivity (Wildman–Crippen MR) is 109 cm³/mol. The molecule has 0 radical (unpaired) electrons. The van der Waals surface area contributed by atoms with Gasteiger partial charge >= 0.3 is 0 Å². The summed E-state index contributed by atoms with van der Waals surface area (Å²) in [6.07, 6.45) is 1.82. The zero-order valence-corrected chi connectivity index (χ0v) is 15.7.